The lowest BCUT2D eigenvalue weighted by Gasteiger charge is -2.03. The van der Waals surface area contributed by atoms with Crippen LogP contribution in [0.2, 0.25) is 5.15 Å². The molecule has 0 atom stereocenters. The van der Waals surface area contributed by atoms with Crippen molar-refractivity contribution in [3.05, 3.63) is 70.5 Å². The first kappa shape index (κ1) is 19.1. The fourth-order valence-corrected chi connectivity index (χ4v) is 3.24. The highest BCUT2D eigenvalue weighted by molar-refractivity contribution is 7.89. The molecule has 1 aromatic heterocycles. The smallest absolute Gasteiger partial charge is 0.238 e. The Hall–Kier alpha value is -2.68. The summed E-state index contributed by atoms with van der Waals surface area (Å²) >= 11 is 6.46. The molecule has 9 heteroatoms. The lowest BCUT2D eigenvalue weighted by Crippen LogP contribution is -2.11. The Morgan fingerprint density at radius 3 is 2.33 bits per heavy atom. The van der Waals surface area contributed by atoms with Gasteiger partial charge in [0.05, 0.1) is 33.7 Å². The fourth-order valence-electron chi connectivity index (χ4n) is 2.41. The summed E-state index contributed by atoms with van der Waals surface area (Å²) < 4.78 is 24.2. The van der Waals surface area contributed by atoms with Gasteiger partial charge < -0.3 is 0 Å². The maximum Gasteiger partial charge on any atom is 0.238 e. The second-order valence-electron chi connectivity index (χ2n) is 5.98. The van der Waals surface area contributed by atoms with Gasteiger partial charge in [0.15, 0.2) is 0 Å². The second kappa shape index (κ2) is 7.51. The van der Waals surface area contributed by atoms with Crippen LogP contribution < -0.4 is 10.6 Å². The number of anilines is 1. The van der Waals surface area contributed by atoms with Crippen LogP contribution in [0.25, 0.3) is 5.69 Å². The molecular weight excluding hydrogens is 386 g/mol. The molecule has 0 aliphatic rings. The Bertz CT molecular complexity index is 1090. The van der Waals surface area contributed by atoms with Crippen molar-refractivity contribution in [2.24, 2.45) is 10.2 Å². The largest absolute Gasteiger partial charge is 0.279 e. The molecule has 140 valence electrons. The van der Waals surface area contributed by atoms with E-state index in [1.165, 1.54) is 12.1 Å². The van der Waals surface area contributed by atoms with E-state index in [1.54, 1.807) is 23.0 Å². The standard InChI is InChI=1S/C18H18ClN5O2S/c1-12-3-7-15(8-4-12)24-18(19)17(13(2)23-24)11-21-22-14-5-9-16(10-6-14)27(20,25)26/h3-11,22H,1-2H3,(H2,20,25,26)/b21-11-. The third kappa shape index (κ3) is 4.36. The summed E-state index contributed by atoms with van der Waals surface area (Å²) in [5.41, 5.74) is 6.86. The van der Waals surface area contributed by atoms with E-state index in [0.29, 0.717) is 16.4 Å². The van der Waals surface area contributed by atoms with Crippen molar-refractivity contribution in [2.75, 3.05) is 5.43 Å². The van der Waals surface area contributed by atoms with Gasteiger partial charge in [-0.1, -0.05) is 29.3 Å². The van der Waals surface area contributed by atoms with Gasteiger partial charge in [-0.25, -0.2) is 18.2 Å². The van der Waals surface area contributed by atoms with Gasteiger partial charge in [0, 0.05) is 0 Å². The van der Waals surface area contributed by atoms with Crippen molar-refractivity contribution in [1.82, 2.24) is 9.78 Å². The number of aryl methyl sites for hydroxylation is 2. The zero-order valence-corrected chi connectivity index (χ0v) is 16.3. The highest BCUT2D eigenvalue weighted by Crippen LogP contribution is 2.22. The lowest BCUT2D eigenvalue weighted by molar-refractivity contribution is 0.598. The molecule has 3 aromatic rings. The van der Waals surface area contributed by atoms with E-state index >= 15 is 0 Å². The number of primary sulfonamides is 1. The van der Waals surface area contributed by atoms with Crippen LogP contribution >= 0.6 is 11.6 Å². The Kier molecular flexibility index (Phi) is 5.31. The number of nitrogens with two attached hydrogens (primary N) is 1. The van der Waals surface area contributed by atoms with Gasteiger partial charge in [0.2, 0.25) is 10.0 Å². The first-order valence-corrected chi connectivity index (χ1v) is 9.92. The molecule has 0 spiro atoms. The number of nitrogens with one attached hydrogen (secondary N) is 1. The number of rotatable bonds is 5. The highest BCUT2D eigenvalue weighted by atomic mass is 35.5. The predicted octanol–water partition coefficient (Wildman–Crippen LogP) is 3.24. The minimum Gasteiger partial charge on any atom is -0.279 e. The van der Waals surface area contributed by atoms with E-state index < -0.39 is 10.0 Å². The van der Waals surface area contributed by atoms with Gasteiger partial charge in [-0.3, -0.25) is 5.43 Å². The van der Waals surface area contributed by atoms with Gasteiger partial charge in [0.25, 0.3) is 0 Å². The number of sulfonamides is 1. The van der Waals surface area contributed by atoms with E-state index in [2.05, 4.69) is 15.6 Å². The molecule has 1 heterocycles. The zero-order valence-electron chi connectivity index (χ0n) is 14.7. The zero-order chi connectivity index (χ0) is 19.6. The third-order valence-corrected chi connectivity index (χ3v) is 5.19. The Balaban J connectivity index is 1.78. The van der Waals surface area contributed by atoms with Crippen LogP contribution in [0.1, 0.15) is 16.8 Å². The molecule has 0 saturated heterocycles. The summed E-state index contributed by atoms with van der Waals surface area (Å²) in [4.78, 5) is 0.0373. The first-order valence-electron chi connectivity index (χ1n) is 8.00. The molecule has 0 radical (unpaired) electrons. The number of benzene rings is 2. The first-order chi connectivity index (χ1) is 12.8. The van der Waals surface area contributed by atoms with Gasteiger partial charge in [0.1, 0.15) is 5.15 Å². The normalized spacial score (nSPS) is 11.9. The summed E-state index contributed by atoms with van der Waals surface area (Å²) in [5, 5.41) is 14.1. The number of halogens is 1. The molecule has 27 heavy (non-hydrogen) atoms. The Morgan fingerprint density at radius 1 is 1.11 bits per heavy atom. The molecule has 2 aromatic carbocycles. The summed E-state index contributed by atoms with van der Waals surface area (Å²) in [6, 6.07) is 13.8. The van der Waals surface area contributed by atoms with Crippen molar-refractivity contribution < 1.29 is 8.42 Å². The molecule has 0 fully saturated rings. The topological polar surface area (TPSA) is 102 Å². The molecule has 0 amide bonds. The molecule has 3 N–H and O–H groups in total. The van der Waals surface area contributed by atoms with E-state index in [0.717, 1.165) is 16.9 Å². The Morgan fingerprint density at radius 2 is 1.74 bits per heavy atom. The molecule has 0 aliphatic heterocycles. The van der Waals surface area contributed by atoms with Crippen LogP contribution in [-0.4, -0.2) is 24.4 Å². The molecule has 0 aliphatic carbocycles. The maximum absolute atomic E-state index is 11.3. The van der Waals surface area contributed by atoms with Crippen molar-refractivity contribution in [2.45, 2.75) is 18.7 Å². The van der Waals surface area contributed by atoms with Crippen LogP contribution in [0.4, 0.5) is 5.69 Å². The number of aromatic nitrogens is 2. The van der Waals surface area contributed by atoms with Gasteiger partial charge >= 0.3 is 0 Å². The summed E-state index contributed by atoms with van der Waals surface area (Å²) in [6.45, 7) is 3.86. The monoisotopic (exact) mass is 403 g/mol. The average Bonchev–Trinajstić information content (AvgIpc) is 2.90. The van der Waals surface area contributed by atoms with E-state index in [4.69, 9.17) is 16.7 Å². The fraction of sp³-hybridized carbons (Fsp3) is 0.111. The molecule has 0 unspecified atom stereocenters. The van der Waals surface area contributed by atoms with Crippen molar-refractivity contribution in [3.63, 3.8) is 0 Å². The second-order valence-corrected chi connectivity index (χ2v) is 7.90. The summed E-state index contributed by atoms with van der Waals surface area (Å²) in [5.74, 6) is 0. The van der Waals surface area contributed by atoms with E-state index in [9.17, 15) is 8.42 Å². The van der Waals surface area contributed by atoms with E-state index in [-0.39, 0.29) is 4.90 Å². The van der Waals surface area contributed by atoms with Crippen molar-refractivity contribution in [3.8, 4) is 5.69 Å². The van der Waals surface area contributed by atoms with Gasteiger partial charge in [-0.05, 0) is 50.2 Å². The predicted molar refractivity (Wildman–Crippen MR) is 107 cm³/mol. The summed E-state index contributed by atoms with van der Waals surface area (Å²) in [7, 11) is -3.72. The molecule has 0 bridgehead atoms. The molecule has 0 saturated carbocycles. The molecule has 7 nitrogen and oxygen atoms in total. The summed E-state index contributed by atoms with van der Waals surface area (Å²) in [6.07, 6.45) is 1.57. The average molecular weight is 404 g/mol. The van der Waals surface area contributed by atoms with Crippen LogP contribution in [0.15, 0.2) is 58.5 Å². The van der Waals surface area contributed by atoms with Crippen LogP contribution in [0.3, 0.4) is 0 Å². The van der Waals surface area contributed by atoms with E-state index in [1.807, 2.05) is 38.1 Å². The SMILES string of the molecule is Cc1ccc(-n2nc(C)c(/C=N\Nc3ccc(S(N)(=O)=O)cc3)c2Cl)cc1. The number of hydrazone groups is 1. The van der Waals surface area contributed by atoms with Gasteiger partial charge in [-0.2, -0.15) is 10.2 Å². The third-order valence-electron chi connectivity index (χ3n) is 3.90. The molecular formula is C18H18ClN5O2S. The lowest BCUT2D eigenvalue weighted by atomic mass is 10.2. The number of nitrogens with zero attached hydrogens (tertiary/aromatic N) is 3. The van der Waals surface area contributed by atoms with Crippen LogP contribution in [0, 0.1) is 13.8 Å². The van der Waals surface area contributed by atoms with Crippen LogP contribution in [-0.2, 0) is 10.0 Å². The van der Waals surface area contributed by atoms with Gasteiger partial charge in [-0.15, -0.1) is 0 Å². The number of hydrogen-bond donors (Lipinski definition) is 2. The minimum atomic E-state index is -3.72. The van der Waals surface area contributed by atoms with Crippen LogP contribution in [0.5, 0.6) is 0 Å². The Labute approximate surface area is 162 Å². The maximum atomic E-state index is 11.3. The molecule has 3 rings (SSSR count). The van der Waals surface area contributed by atoms with Crippen molar-refractivity contribution >= 4 is 33.5 Å². The quantitative estimate of drug-likeness (QED) is 0.504. The minimum absolute atomic E-state index is 0.0373. The highest BCUT2D eigenvalue weighted by Gasteiger charge is 2.13. The number of hydrogen-bond acceptors (Lipinski definition) is 5. The van der Waals surface area contributed by atoms with Crippen molar-refractivity contribution in [1.29, 1.82) is 0 Å².